The Bertz CT molecular complexity index is 1410. The van der Waals surface area contributed by atoms with Crippen molar-refractivity contribution >= 4 is 39.5 Å². The Labute approximate surface area is 214 Å². The van der Waals surface area contributed by atoms with Crippen molar-refractivity contribution in [1.82, 2.24) is 20.6 Å². The number of hydrogen-bond donors (Lipinski definition) is 6. The fourth-order valence-electron chi connectivity index (χ4n) is 4.37. The number of para-hydroxylation sites is 1. The molecule has 0 aliphatic carbocycles. The van der Waals surface area contributed by atoms with Crippen molar-refractivity contribution in [2.75, 3.05) is 13.7 Å². The lowest BCUT2D eigenvalue weighted by atomic mass is 10.0. The maximum absolute atomic E-state index is 13.2. The Kier molecular flexibility index (Phi) is 8.09. The molecule has 194 valence electrons. The highest BCUT2D eigenvalue weighted by molar-refractivity contribution is 5.91. The Morgan fingerprint density at radius 1 is 0.973 bits per heavy atom. The zero-order valence-electron chi connectivity index (χ0n) is 20.7. The van der Waals surface area contributed by atoms with Gasteiger partial charge in [0.1, 0.15) is 11.8 Å². The van der Waals surface area contributed by atoms with E-state index in [1.54, 1.807) is 7.11 Å². The molecule has 2 aromatic heterocycles. The van der Waals surface area contributed by atoms with Gasteiger partial charge >= 0.3 is 0 Å². The van der Waals surface area contributed by atoms with E-state index in [9.17, 15) is 14.4 Å². The molecule has 37 heavy (non-hydrogen) atoms. The standard InChI is InChI=1S/C27H32N6O4/c1-37-18-6-8-23-20(13-18)16(14-31-23)10-11-30-27(36)24(33-26(35)21(28)7-9-25(29)34)12-17-15-32-22-5-3-2-4-19(17)22/h2-6,8,13-15,21,24,31-32H,7,9-12,28H2,1H3,(H2,29,34)(H,30,36)(H,33,35)/t21-,24-/m0/s1. The van der Waals surface area contributed by atoms with Crippen LogP contribution in [0.1, 0.15) is 24.0 Å². The van der Waals surface area contributed by atoms with Gasteiger partial charge in [-0.3, -0.25) is 14.4 Å². The van der Waals surface area contributed by atoms with E-state index in [0.717, 1.165) is 38.7 Å². The number of H-pyrrole nitrogens is 2. The van der Waals surface area contributed by atoms with Gasteiger partial charge in [0.05, 0.1) is 13.2 Å². The van der Waals surface area contributed by atoms with E-state index in [-0.39, 0.29) is 25.2 Å². The Morgan fingerprint density at radius 3 is 2.46 bits per heavy atom. The molecule has 0 bridgehead atoms. The number of ether oxygens (including phenoxy) is 1. The van der Waals surface area contributed by atoms with Crippen LogP contribution in [0.15, 0.2) is 54.9 Å². The topological polar surface area (TPSA) is 168 Å². The molecule has 4 aromatic rings. The number of amides is 3. The highest BCUT2D eigenvalue weighted by Crippen LogP contribution is 2.24. The molecular formula is C27H32N6O4. The van der Waals surface area contributed by atoms with Gasteiger partial charge in [-0.1, -0.05) is 18.2 Å². The molecule has 0 unspecified atom stereocenters. The SMILES string of the molecule is COc1ccc2[nH]cc(CCNC(=O)[C@H](Cc3c[nH]c4ccccc34)NC(=O)[C@@H](N)CCC(N)=O)c2c1. The summed E-state index contributed by atoms with van der Waals surface area (Å²) in [5.74, 6) is -0.610. The average Bonchev–Trinajstić information content (AvgIpc) is 3.50. The third-order valence-electron chi connectivity index (χ3n) is 6.44. The third-order valence-corrected chi connectivity index (χ3v) is 6.44. The average molecular weight is 505 g/mol. The minimum Gasteiger partial charge on any atom is -0.497 e. The smallest absolute Gasteiger partial charge is 0.242 e. The Hall–Kier alpha value is -4.31. The highest BCUT2D eigenvalue weighted by Gasteiger charge is 2.25. The molecule has 0 radical (unpaired) electrons. The van der Waals surface area contributed by atoms with Gasteiger partial charge in [0.25, 0.3) is 0 Å². The summed E-state index contributed by atoms with van der Waals surface area (Å²) in [6.45, 7) is 0.372. The van der Waals surface area contributed by atoms with Gasteiger partial charge in [0, 0.05) is 53.6 Å². The zero-order valence-corrected chi connectivity index (χ0v) is 20.7. The van der Waals surface area contributed by atoms with E-state index in [1.165, 1.54) is 0 Å². The first-order valence-electron chi connectivity index (χ1n) is 12.2. The van der Waals surface area contributed by atoms with Gasteiger partial charge in [0.2, 0.25) is 17.7 Å². The van der Waals surface area contributed by atoms with Crippen LogP contribution in [-0.2, 0) is 27.2 Å². The van der Waals surface area contributed by atoms with E-state index in [1.807, 2.05) is 54.9 Å². The largest absolute Gasteiger partial charge is 0.497 e. The molecule has 2 aromatic carbocycles. The molecule has 2 atom stereocenters. The summed E-state index contributed by atoms with van der Waals surface area (Å²) < 4.78 is 5.33. The maximum atomic E-state index is 13.2. The predicted octanol–water partition coefficient (Wildman–Crippen LogP) is 1.64. The third kappa shape index (κ3) is 6.28. The number of methoxy groups -OCH3 is 1. The first-order chi connectivity index (χ1) is 17.9. The Balaban J connectivity index is 1.45. The van der Waals surface area contributed by atoms with Crippen LogP contribution in [0.4, 0.5) is 0 Å². The van der Waals surface area contributed by atoms with Crippen molar-refractivity contribution in [3.05, 3.63) is 66.0 Å². The van der Waals surface area contributed by atoms with Crippen molar-refractivity contribution < 1.29 is 19.1 Å². The van der Waals surface area contributed by atoms with Gasteiger partial charge < -0.3 is 36.8 Å². The Morgan fingerprint density at radius 2 is 1.70 bits per heavy atom. The molecule has 0 saturated heterocycles. The predicted molar refractivity (Wildman–Crippen MR) is 142 cm³/mol. The normalized spacial score (nSPS) is 12.8. The van der Waals surface area contributed by atoms with Gasteiger partial charge in [-0.15, -0.1) is 0 Å². The van der Waals surface area contributed by atoms with E-state index in [4.69, 9.17) is 16.2 Å². The number of carbonyl (C=O) groups excluding carboxylic acids is 3. The number of nitrogens with one attached hydrogen (secondary N) is 4. The highest BCUT2D eigenvalue weighted by atomic mass is 16.5. The van der Waals surface area contributed by atoms with E-state index in [2.05, 4.69) is 20.6 Å². The molecule has 0 saturated carbocycles. The summed E-state index contributed by atoms with van der Waals surface area (Å²) in [5, 5.41) is 7.71. The van der Waals surface area contributed by atoms with Crippen molar-refractivity contribution in [3.8, 4) is 5.75 Å². The van der Waals surface area contributed by atoms with E-state index >= 15 is 0 Å². The molecule has 0 fully saturated rings. The number of carbonyl (C=O) groups is 3. The van der Waals surface area contributed by atoms with Gasteiger partial charge in [0.15, 0.2) is 0 Å². The molecule has 4 rings (SSSR count). The van der Waals surface area contributed by atoms with Gasteiger partial charge in [-0.25, -0.2) is 0 Å². The molecular weight excluding hydrogens is 472 g/mol. The van der Waals surface area contributed by atoms with Crippen molar-refractivity contribution in [2.24, 2.45) is 11.5 Å². The maximum Gasteiger partial charge on any atom is 0.242 e. The van der Waals surface area contributed by atoms with E-state index in [0.29, 0.717) is 13.0 Å². The number of benzene rings is 2. The lowest BCUT2D eigenvalue weighted by Gasteiger charge is -2.20. The lowest BCUT2D eigenvalue weighted by molar-refractivity contribution is -0.129. The molecule has 10 nitrogen and oxygen atoms in total. The number of hydrogen-bond acceptors (Lipinski definition) is 5. The first-order valence-corrected chi connectivity index (χ1v) is 12.2. The minimum absolute atomic E-state index is 0.0106. The van der Waals surface area contributed by atoms with Gasteiger partial charge in [-0.2, -0.15) is 0 Å². The van der Waals surface area contributed by atoms with Crippen LogP contribution in [0.25, 0.3) is 21.8 Å². The molecule has 0 aliphatic rings. The summed E-state index contributed by atoms with van der Waals surface area (Å²) in [6.07, 6.45) is 4.71. The minimum atomic E-state index is -0.952. The van der Waals surface area contributed by atoms with Crippen molar-refractivity contribution in [1.29, 1.82) is 0 Å². The molecule has 3 amide bonds. The van der Waals surface area contributed by atoms with E-state index < -0.39 is 23.9 Å². The fraction of sp³-hybridized carbons (Fsp3) is 0.296. The summed E-state index contributed by atoms with van der Waals surface area (Å²) in [5.41, 5.74) is 15.0. The van der Waals surface area contributed by atoms with Crippen LogP contribution in [0.5, 0.6) is 5.75 Å². The second-order valence-electron chi connectivity index (χ2n) is 9.00. The van der Waals surface area contributed by atoms with Crippen LogP contribution in [0, 0.1) is 0 Å². The van der Waals surface area contributed by atoms with Crippen molar-refractivity contribution in [3.63, 3.8) is 0 Å². The molecule has 2 heterocycles. The first kappa shape index (κ1) is 25.8. The van der Waals surface area contributed by atoms with Gasteiger partial charge in [-0.05, 0) is 48.2 Å². The molecule has 10 heteroatoms. The number of rotatable bonds is 12. The summed E-state index contributed by atoms with van der Waals surface area (Å²) in [6, 6.07) is 11.7. The molecule has 8 N–H and O–H groups in total. The van der Waals surface area contributed by atoms with Crippen LogP contribution >= 0.6 is 0 Å². The molecule has 0 aliphatic heterocycles. The molecule has 0 spiro atoms. The zero-order chi connectivity index (χ0) is 26.4. The summed E-state index contributed by atoms with van der Waals surface area (Å²) >= 11 is 0. The van der Waals surface area contributed by atoms with Crippen LogP contribution in [-0.4, -0.2) is 53.4 Å². The second-order valence-corrected chi connectivity index (χ2v) is 9.00. The summed E-state index contributed by atoms with van der Waals surface area (Å²) in [4.78, 5) is 43.5. The number of aromatic amines is 2. The van der Waals surface area contributed by atoms with Crippen molar-refractivity contribution in [2.45, 2.75) is 37.8 Å². The number of fused-ring (bicyclic) bond motifs is 2. The second kappa shape index (κ2) is 11.6. The number of aromatic nitrogens is 2. The van der Waals surface area contributed by atoms with Crippen LogP contribution in [0.2, 0.25) is 0 Å². The van der Waals surface area contributed by atoms with Crippen LogP contribution in [0.3, 0.4) is 0 Å². The monoisotopic (exact) mass is 504 g/mol. The quantitative estimate of drug-likeness (QED) is 0.172. The fourth-order valence-corrected chi connectivity index (χ4v) is 4.37. The lowest BCUT2D eigenvalue weighted by Crippen LogP contribution is -2.52. The number of primary amides is 1. The summed E-state index contributed by atoms with van der Waals surface area (Å²) in [7, 11) is 1.62. The van der Waals surface area contributed by atoms with Crippen LogP contribution < -0.4 is 26.8 Å². The number of nitrogens with two attached hydrogens (primary N) is 2.